The van der Waals surface area contributed by atoms with E-state index < -0.39 is 18.2 Å². The van der Waals surface area contributed by atoms with Crippen LogP contribution < -0.4 is 0 Å². The van der Waals surface area contributed by atoms with Gasteiger partial charge in [0, 0.05) is 0 Å². The number of amides is 1. The zero-order valence-electron chi connectivity index (χ0n) is 14.9. The van der Waals surface area contributed by atoms with Crippen LogP contribution in [0.5, 0.6) is 0 Å². The van der Waals surface area contributed by atoms with Gasteiger partial charge >= 0.3 is 6.09 Å². The maximum atomic E-state index is 12.6. The molecule has 1 unspecified atom stereocenters. The fourth-order valence-corrected chi connectivity index (χ4v) is 3.68. The number of carbonyl (C=O) groups excluding carboxylic acids is 1. The topological polar surface area (TPSA) is 68.2 Å². The third-order valence-electron chi connectivity index (χ3n) is 5.04. The smallest absolute Gasteiger partial charge is 0.410 e. The molecule has 2 heterocycles. The van der Waals surface area contributed by atoms with E-state index in [1.165, 1.54) is 0 Å². The number of rotatable bonds is 5. The Hall–Kier alpha value is -2.41. The monoisotopic (exact) mass is 369 g/mol. The van der Waals surface area contributed by atoms with Gasteiger partial charge in [0.05, 0.1) is 25.8 Å². The predicted octanol–water partition coefficient (Wildman–Crippen LogP) is 2.35. The van der Waals surface area contributed by atoms with E-state index >= 15 is 0 Å². The summed E-state index contributed by atoms with van der Waals surface area (Å²) in [6.45, 7) is 1.16. The number of carbonyl (C=O) groups is 1. The number of aliphatic hydroxyl groups excluding tert-OH is 1. The SMILES string of the molecule is O=C(OCc1ccccc1)N1C[C@@H](OCc2ccccc2)[C@H]2OCC(O)[C@H]21. The molecule has 1 amide bonds. The zero-order chi connectivity index (χ0) is 18.6. The van der Waals surface area contributed by atoms with Crippen molar-refractivity contribution in [3.8, 4) is 0 Å². The highest BCUT2D eigenvalue weighted by atomic mass is 16.6. The van der Waals surface area contributed by atoms with Crippen molar-refractivity contribution in [1.82, 2.24) is 4.90 Å². The van der Waals surface area contributed by atoms with E-state index in [0.717, 1.165) is 11.1 Å². The zero-order valence-corrected chi connectivity index (χ0v) is 14.9. The van der Waals surface area contributed by atoms with E-state index in [2.05, 4.69) is 0 Å². The van der Waals surface area contributed by atoms with Crippen molar-refractivity contribution in [3.05, 3.63) is 71.8 Å². The van der Waals surface area contributed by atoms with E-state index in [-0.39, 0.29) is 25.4 Å². The van der Waals surface area contributed by atoms with Crippen LogP contribution in [0, 0.1) is 0 Å². The van der Waals surface area contributed by atoms with Gasteiger partial charge in [-0.3, -0.25) is 4.90 Å². The molecule has 2 saturated heterocycles. The normalized spacial score (nSPS) is 26.8. The van der Waals surface area contributed by atoms with Crippen molar-refractivity contribution in [3.63, 3.8) is 0 Å². The number of hydrogen-bond acceptors (Lipinski definition) is 5. The molecule has 4 atom stereocenters. The molecule has 0 bridgehead atoms. The second kappa shape index (κ2) is 8.08. The molecule has 0 aliphatic carbocycles. The second-order valence-electron chi connectivity index (χ2n) is 6.88. The number of fused-ring (bicyclic) bond motifs is 1. The number of nitrogens with zero attached hydrogens (tertiary/aromatic N) is 1. The molecule has 0 aromatic heterocycles. The van der Waals surface area contributed by atoms with Gasteiger partial charge in [-0.2, -0.15) is 0 Å². The Kier molecular flexibility index (Phi) is 5.38. The van der Waals surface area contributed by atoms with Crippen molar-refractivity contribution in [2.45, 2.75) is 37.6 Å². The quantitative estimate of drug-likeness (QED) is 0.876. The Morgan fingerprint density at radius 3 is 2.33 bits per heavy atom. The summed E-state index contributed by atoms with van der Waals surface area (Å²) in [6.07, 6.45) is -1.82. The minimum Gasteiger partial charge on any atom is -0.445 e. The summed E-state index contributed by atoms with van der Waals surface area (Å²) in [5, 5.41) is 10.3. The molecule has 2 aromatic rings. The lowest BCUT2D eigenvalue weighted by Gasteiger charge is -2.24. The number of benzene rings is 2. The van der Waals surface area contributed by atoms with E-state index in [0.29, 0.717) is 13.2 Å². The van der Waals surface area contributed by atoms with Crippen molar-refractivity contribution < 1.29 is 24.1 Å². The van der Waals surface area contributed by atoms with Gasteiger partial charge in [0.1, 0.15) is 24.9 Å². The Morgan fingerprint density at radius 1 is 1.04 bits per heavy atom. The van der Waals surface area contributed by atoms with Crippen molar-refractivity contribution in [2.75, 3.05) is 13.2 Å². The van der Waals surface area contributed by atoms with Crippen LogP contribution in [0.25, 0.3) is 0 Å². The van der Waals surface area contributed by atoms with Crippen LogP contribution in [0.2, 0.25) is 0 Å². The Morgan fingerprint density at radius 2 is 1.67 bits per heavy atom. The highest BCUT2D eigenvalue weighted by molar-refractivity contribution is 5.69. The van der Waals surface area contributed by atoms with Crippen LogP contribution >= 0.6 is 0 Å². The highest BCUT2D eigenvalue weighted by Crippen LogP contribution is 2.32. The molecular formula is C21H23NO5. The molecule has 0 radical (unpaired) electrons. The van der Waals surface area contributed by atoms with Gasteiger partial charge in [-0.15, -0.1) is 0 Å². The molecule has 2 fully saturated rings. The van der Waals surface area contributed by atoms with Gasteiger partial charge in [0.15, 0.2) is 0 Å². The molecule has 142 valence electrons. The fourth-order valence-electron chi connectivity index (χ4n) is 3.68. The lowest BCUT2D eigenvalue weighted by atomic mass is 10.1. The summed E-state index contributed by atoms with van der Waals surface area (Å²) < 4.78 is 17.2. The van der Waals surface area contributed by atoms with Crippen molar-refractivity contribution in [1.29, 1.82) is 0 Å². The fraction of sp³-hybridized carbons (Fsp3) is 0.381. The first-order chi connectivity index (χ1) is 13.2. The minimum absolute atomic E-state index is 0.194. The Bertz CT molecular complexity index is 754. The first-order valence-electron chi connectivity index (χ1n) is 9.15. The van der Waals surface area contributed by atoms with Gasteiger partial charge in [0.2, 0.25) is 0 Å². The molecule has 4 rings (SSSR count). The van der Waals surface area contributed by atoms with Gasteiger partial charge in [-0.1, -0.05) is 60.7 Å². The van der Waals surface area contributed by atoms with Gasteiger partial charge < -0.3 is 19.3 Å². The number of hydrogen-bond donors (Lipinski definition) is 1. The molecule has 0 spiro atoms. The summed E-state index contributed by atoms with van der Waals surface area (Å²) in [4.78, 5) is 14.2. The number of aliphatic hydroxyl groups is 1. The maximum Gasteiger partial charge on any atom is 0.410 e. The van der Waals surface area contributed by atoms with Crippen LogP contribution in [-0.2, 0) is 27.4 Å². The first-order valence-corrected chi connectivity index (χ1v) is 9.15. The van der Waals surface area contributed by atoms with Crippen LogP contribution in [-0.4, -0.2) is 53.6 Å². The second-order valence-corrected chi connectivity index (χ2v) is 6.88. The molecule has 2 aliphatic rings. The van der Waals surface area contributed by atoms with Gasteiger partial charge in [-0.05, 0) is 11.1 Å². The number of likely N-dealkylation sites (tertiary alicyclic amines) is 1. The van der Waals surface area contributed by atoms with E-state index in [9.17, 15) is 9.90 Å². The molecule has 6 nitrogen and oxygen atoms in total. The minimum atomic E-state index is -0.732. The first kappa shape index (κ1) is 18.0. The van der Waals surface area contributed by atoms with Crippen LogP contribution in [0.15, 0.2) is 60.7 Å². The molecule has 27 heavy (non-hydrogen) atoms. The molecule has 2 aromatic carbocycles. The van der Waals surface area contributed by atoms with E-state index in [4.69, 9.17) is 14.2 Å². The molecule has 1 N–H and O–H groups in total. The van der Waals surface area contributed by atoms with E-state index in [1.54, 1.807) is 4.90 Å². The highest BCUT2D eigenvalue weighted by Gasteiger charge is 2.53. The predicted molar refractivity (Wildman–Crippen MR) is 97.9 cm³/mol. The van der Waals surface area contributed by atoms with Crippen molar-refractivity contribution in [2.24, 2.45) is 0 Å². The molecule has 6 heteroatoms. The van der Waals surface area contributed by atoms with Gasteiger partial charge in [0.25, 0.3) is 0 Å². The van der Waals surface area contributed by atoms with E-state index in [1.807, 2.05) is 60.7 Å². The summed E-state index contributed by atoms with van der Waals surface area (Å²) in [6, 6.07) is 18.9. The Labute approximate surface area is 158 Å². The average molecular weight is 369 g/mol. The van der Waals surface area contributed by atoms with Crippen molar-refractivity contribution >= 4 is 6.09 Å². The molecule has 0 saturated carbocycles. The van der Waals surface area contributed by atoms with Gasteiger partial charge in [-0.25, -0.2) is 4.79 Å². The largest absolute Gasteiger partial charge is 0.445 e. The summed E-state index contributed by atoms with van der Waals surface area (Å²) in [7, 11) is 0. The summed E-state index contributed by atoms with van der Waals surface area (Å²) >= 11 is 0. The third kappa shape index (κ3) is 3.98. The maximum absolute atomic E-state index is 12.6. The molecule has 2 aliphatic heterocycles. The van der Waals surface area contributed by atoms with Crippen LogP contribution in [0.3, 0.4) is 0 Å². The lowest BCUT2D eigenvalue weighted by molar-refractivity contribution is -0.0397. The Balaban J connectivity index is 1.39. The standard InChI is InChI=1S/C21H23NO5/c23-17-14-26-20-18(25-12-15-7-3-1-4-8-15)11-22(19(17)20)21(24)27-13-16-9-5-2-6-10-16/h1-10,17-20,23H,11-14H2/t17?,18-,19-,20-/m1/s1. The number of ether oxygens (including phenoxy) is 3. The average Bonchev–Trinajstić information content (AvgIpc) is 3.27. The summed E-state index contributed by atoms with van der Waals surface area (Å²) in [5.74, 6) is 0. The third-order valence-corrected chi connectivity index (χ3v) is 5.04. The lowest BCUT2D eigenvalue weighted by Crippen LogP contribution is -2.44. The van der Waals surface area contributed by atoms with Crippen LogP contribution in [0.4, 0.5) is 4.79 Å². The molecular weight excluding hydrogens is 346 g/mol. The van der Waals surface area contributed by atoms with Crippen LogP contribution in [0.1, 0.15) is 11.1 Å². The summed E-state index contributed by atoms with van der Waals surface area (Å²) in [5.41, 5.74) is 1.97.